The molecule has 0 radical (unpaired) electrons. The molecule has 0 amide bonds. The maximum Gasteiger partial charge on any atom is 0.165 e. The van der Waals surface area contributed by atoms with E-state index in [2.05, 4.69) is 0 Å². The van der Waals surface area contributed by atoms with Crippen LogP contribution in [0.4, 0.5) is 13.2 Å². The summed E-state index contributed by atoms with van der Waals surface area (Å²) in [7, 11) is 0. The van der Waals surface area contributed by atoms with Crippen molar-refractivity contribution in [1.82, 2.24) is 0 Å². The van der Waals surface area contributed by atoms with E-state index in [9.17, 15) is 18.3 Å². The second kappa shape index (κ2) is 3.12. The third kappa shape index (κ3) is 1.29. The van der Waals surface area contributed by atoms with Crippen LogP contribution < -0.4 is 0 Å². The molecule has 1 saturated carbocycles. The van der Waals surface area contributed by atoms with Crippen LogP contribution in [0.3, 0.4) is 0 Å². The van der Waals surface area contributed by atoms with Crippen LogP contribution in [0.2, 0.25) is 0 Å². The summed E-state index contributed by atoms with van der Waals surface area (Å²) < 4.78 is 39.5. The molecule has 2 unspecified atom stereocenters. The molecular formula is C10H11F3O. The Balaban J connectivity index is 2.39. The minimum Gasteiger partial charge on any atom is -0.385 e. The van der Waals surface area contributed by atoms with Crippen LogP contribution in [0.15, 0.2) is 23.1 Å². The number of hydrogen-bond acceptors (Lipinski definition) is 1. The van der Waals surface area contributed by atoms with Crippen LogP contribution in [0.1, 0.15) is 19.8 Å². The Morgan fingerprint density at radius 3 is 2.21 bits per heavy atom. The summed E-state index contributed by atoms with van der Waals surface area (Å²) in [5.41, 5.74) is -0.301. The predicted octanol–water partition coefficient (Wildman–Crippen LogP) is 2.78. The molecule has 1 nitrogen and oxygen atoms in total. The molecular weight excluding hydrogens is 193 g/mol. The molecule has 1 fully saturated rings. The molecule has 78 valence electrons. The van der Waals surface area contributed by atoms with E-state index in [1.54, 1.807) is 0 Å². The Morgan fingerprint density at radius 2 is 1.71 bits per heavy atom. The molecule has 2 aliphatic rings. The molecule has 0 spiro atoms. The lowest BCUT2D eigenvalue weighted by Crippen LogP contribution is -2.28. The minimum absolute atomic E-state index is 0.0289. The summed E-state index contributed by atoms with van der Waals surface area (Å²) in [6, 6.07) is 0. The Kier molecular flexibility index (Phi) is 2.18. The van der Waals surface area contributed by atoms with Gasteiger partial charge in [0.25, 0.3) is 0 Å². The van der Waals surface area contributed by atoms with E-state index in [0.717, 1.165) is 12.8 Å². The SMILES string of the molecule is CC1=C(F)C(C2CC2)C(O)C(F)=C1F. The van der Waals surface area contributed by atoms with Crippen molar-refractivity contribution in [3.8, 4) is 0 Å². The van der Waals surface area contributed by atoms with Crippen molar-refractivity contribution in [3.63, 3.8) is 0 Å². The Morgan fingerprint density at radius 1 is 1.14 bits per heavy atom. The van der Waals surface area contributed by atoms with Crippen molar-refractivity contribution in [2.45, 2.75) is 25.9 Å². The van der Waals surface area contributed by atoms with Crippen LogP contribution in [0.5, 0.6) is 0 Å². The van der Waals surface area contributed by atoms with Gasteiger partial charge in [-0.2, -0.15) is 0 Å². The van der Waals surface area contributed by atoms with Gasteiger partial charge in [0.1, 0.15) is 11.9 Å². The highest BCUT2D eigenvalue weighted by Crippen LogP contribution is 2.48. The van der Waals surface area contributed by atoms with E-state index in [0.29, 0.717) is 0 Å². The smallest absolute Gasteiger partial charge is 0.165 e. The topological polar surface area (TPSA) is 20.2 Å². The first-order valence-electron chi connectivity index (χ1n) is 4.64. The lowest BCUT2D eigenvalue weighted by Gasteiger charge is -2.25. The summed E-state index contributed by atoms with van der Waals surface area (Å²) in [6.07, 6.45) is -0.0829. The van der Waals surface area contributed by atoms with Gasteiger partial charge in [0.2, 0.25) is 0 Å². The van der Waals surface area contributed by atoms with Gasteiger partial charge < -0.3 is 5.11 Å². The second-order valence-electron chi connectivity index (χ2n) is 3.94. The molecule has 0 aromatic carbocycles. The van der Waals surface area contributed by atoms with Gasteiger partial charge in [0.15, 0.2) is 11.7 Å². The summed E-state index contributed by atoms with van der Waals surface area (Å²) in [4.78, 5) is 0. The Labute approximate surface area is 79.9 Å². The van der Waals surface area contributed by atoms with Crippen molar-refractivity contribution in [2.75, 3.05) is 0 Å². The lowest BCUT2D eigenvalue weighted by molar-refractivity contribution is 0.101. The standard InChI is InChI=1S/C10H11F3O/c1-4-7(11)6(5-2-3-5)10(14)9(13)8(4)12/h5-6,10,14H,2-3H2,1H3. The molecule has 14 heavy (non-hydrogen) atoms. The molecule has 0 aromatic heterocycles. The third-order valence-corrected chi connectivity index (χ3v) is 2.92. The monoisotopic (exact) mass is 204 g/mol. The number of allylic oxidation sites excluding steroid dienone is 2. The highest BCUT2D eigenvalue weighted by molar-refractivity contribution is 5.37. The van der Waals surface area contributed by atoms with Crippen LogP contribution in [0.25, 0.3) is 0 Å². The first-order valence-corrected chi connectivity index (χ1v) is 4.64. The fraction of sp³-hybridized carbons (Fsp3) is 0.600. The summed E-state index contributed by atoms with van der Waals surface area (Å²) >= 11 is 0. The van der Waals surface area contributed by atoms with E-state index in [4.69, 9.17) is 0 Å². The number of halogens is 3. The van der Waals surface area contributed by atoms with Crippen molar-refractivity contribution in [1.29, 1.82) is 0 Å². The Hall–Kier alpha value is -0.770. The van der Waals surface area contributed by atoms with Gasteiger partial charge >= 0.3 is 0 Å². The zero-order valence-corrected chi connectivity index (χ0v) is 7.73. The van der Waals surface area contributed by atoms with Gasteiger partial charge in [-0.3, -0.25) is 0 Å². The summed E-state index contributed by atoms with van der Waals surface area (Å²) in [6.45, 7) is 1.20. The molecule has 0 bridgehead atoms. The predicted molar refractivity (Wildman–Crippen MR) is 45.3 cm³/mol. The fourth-order valence-electron chi connectivity index (χ4n) is 1.88. The second-order valence-corrected chi connectivity index (χ2v) is 3.94. The van der Waals surface area contributed by atoms with Crippen molar-refractivity contribution in [2.24, 2.45) is 11.8 Å². The van der Waals surface area contributed by atoms with Gasteiger partial charge in [-0.05, 0) is 25.7 Å². The molecule has 4 heteroatoms. The summed E-state index contributed by atoms with van der Waals surface area (Å²) in [5.74, 6) is -4.06. The molecule has 0 saturated heterocycles. The normalized spacial score (nSPS) is 34.1. The van der Waals surface area contributed by atoms with Gasteiger partial charge in [0, 0.05) is 11.5 Å². The molecule has 1 N–H and O–H groups in total. The van der Waals surface area contributed by atoms with Gasteiger partial charge in [-0.15, -0.1) is 0 Å². The first kappa shape index (κ1) is 9.77. The molecule has 0 heterocycles. The Bertz CT molecular complexity index is 328. The van der Waals surface area contributed by atoms with E-state index in [1.807, 2.05) is 0 Å². The summed E-state index contributed by atoms with van der Waals surface area (Å²) in [5, 5.41) is 9.36. The molecule has 2 rings (SSSR count). The highest BCUT2D eigenvalue weighted by Gasteiger charge is 2.45. The van der Waals surface area contributed by atoms with Gasteiger partial charge in [0.05, 0.1) is 0 Å². The fourth-order valence-corrected chi connectivity index (χ4v) is 1.88. The zero-order chi connectivity index (χ0) is 10.5. The van der Waals surface area contributed by atoms with Crippen LogP contribution >= 0.6 is 0 Å². The van der Waals surface area contributed by atoms with Crippen molar-refractivity contribution < 1.29 is 18.3 Å². The zero-order valence-electron chi connectivity index (χ0n) is 7.73. The largest absolute Gasteiger partial charge is 0.385 e. The highest BCUT2D eigenvalue weighted by atomic mass is 19.2. The maximum atomic E-state index is 13.5. The van der Waals surface area contributed by atoms with Crippen LogP contribution in [-0.2, 0) is 0 Å². The molecule has 2 atom stereocenters. The average molecular weight is 204 g/mol. The number of rotatable bonds is 1. The van der Waals surface area contributed by atoms with Crippen molar-refractivity contribution in [3.05, 3.63) is 23.1 Å². The number of aliphatic hydroxyl groups is 1. The molecule has 0 aromatic rings. The minimum atomic E-state index is -1.63. The maximum absolute atomic E-state index is 13.5. The van der Waals surface area contributed by atoms with E-state index >= 15 is 0 Å². The first-order chi connectivity index (χ1) is 6.54. The van der Waals surface area contributed by atoms with Crippen molar-refractivity contribution >= 4 is 0 Å². The molecule has 2 aliphatic carbocycles. The van der Waals surface area contributed by atoms with E-state index in [-0.39, 0.29) is 11.5 Å². The number of aliphatic hydroxyl groups excluding tert-OH is 1. The lowest BCUT2D eigenvalue weighted by atomic mass is 9.87. The van der Waals surface area contributed by atoms with Gasteiger partial charge in [-0.25, -0.2) is 13.2 Å². The van der Waals surface area contributed by atoms with Gasteiger partial charge in [-0.1, -0.05) is 0 Å². The van der Waals surface area contributed by atoms with E-state index < -0.39 is 29.5 Å². The van der Waals surface area contributed by atoms with E-state index in [1.165, 1.54) is 6.92 Å². The van der Waals surface area contributed by atoms with Crippen LogP contribution in [-0.4, -0.2) is 11.2 Å². The quantitative estimate of drug-likeness (QED) is 0.696. The third-order valence-electron chi connectivity index (χ3n) is 2.92. The van der Waals surface area contributed by atoms with Crippen LogP contribution in [0, 0.1) is 11.8 Å². The molecule has 0 aliphatic heterocycles. The number of hydrogen-bond donors (Lipinski definition) is 1. The average Bonchev–Trinajstić information content (AvgIpc) is 2.96.